The van der Waals surface area contributed by atoms with Gasteiger partial charge in [0, 0.05) is 11.1 Å². The number of unbranched alkanes of at least 4 members (excludes halogenated alkanes) is 9. The van der Waals surface area contributed by atoms with Crippen molar-refractivity contribution in [2.75, 3.05) is 6.61 Å². The van der Waals surface area contributed by atoms with Crippen LogP contribution in [0.3, 0.4) is 0 Å². The maximum absolute atomic E-state index is 13.1. The van der Waals surface area contributed by atoms with Crippen molar-refractivity contribution >= 4 is 11.9 Å². The van der Waals surface area contributed by atoms with Crippen molar-refractivity contribution in [2.45, 2.75) is 129 Å². The molecule has 1 heterocycles. The lowest BCUT2D eigenvalue weighted by Gasteiger charge is -2.27. The molecule has 0 N–H and O–H groups in total. The van der Waals surface area contributed by atoms with Crippen LogP contribution in [0.1, 0.15) is 151 Å². The average Bonchev–Trinajstić information content (AvgIpc) is 3.21. The summed E-state index contributed by atoms with van der Waals surface area (Å²) < 4.78 is 11.4. The zero-order valence-electron chi connectivity index (χ0n) is 25.5. The monoisotopic (exact) mass is 534 g/mol. The zero-order valence-corrected chi connectivity index (χ0v) is 25.5. The molecule has 2 aromatic carbocycles. The van der Waals surface area contributed by atoms with Gasteiger partial charge in [-0.15, -0.1) is 0 Å². The van der Waals surface area contributed by atoms with E-state index in [4.69, 9.17) is 9.47 Å². The molecule has 4 nitrogen and oxygen atoms in total. The van der Waals surface area contributed by atoms with Crippen molar-refractivity contribution in [1.29, 1.82) is 0 Å². The molecule has 0 spiro atoms. The number of hydrogen-bond acceptors (Lipinski definition) is 4. The van der Waals surface area contributed by atoms with Crippen LogP contribution >= 0.6 is 0 Å². The van der Waals surface area contributed by atoms with E-state index in [9.17, 15) is 9.59 Å². The van der Waals surface area contributed by atoms with Gasteiger partial charge >= 0.3 is 11.9 Å². The minimum Gasteiger partial charge on any atom is -0.462 e. The Morgan fingerprint density at radius 3 is 1.90 bits per heavy atom. The van der Waals surface area contributed by atoms with Gasteiger partial charge in [-0.05, 0) is 40.5 Å². The van der Waals surface area contributed by atoms with E-state index < -0.39 is 5.92 Å². The lowest BCUT2D eigenvalue weighted by Crippen LogP contribution is -2.17. The predicted octanol–water partition coefficient (Wildman–Crippen LogP) is 9.41. The molecule has 214 valence electrons. The number of hydrogen-bond donors (Lipinski definition) is 0. The molecular weight excluding hydrogens is 484 g/mol. The minimum absolute atomic E-state index is 0.0624. The summed E-state index contributed by atoms with van der Waals surface area (Å²) in [7, 11) is 0. The lowest BCUT2D eigenvalue weighted by atomic mass is 9.77. The van der Waals surface area contributed by atoms with Gasteiger partial charge in [0.25, 0.3) is 0 Å². The van der Waals surface area contributed by atoms with Crippen molar-refractivity contribution in [3.8, 4) is 5.75 Å². The van der Waals surface area contributed by atoms with Crippen LogP contribution in [0.15, 0.2) is 36.4 Å². The molecule has 0 radical (unpaired) electrons. The predicted molar refractivity (Wildman–Crippen MR) is 160 cm³/mol. The Labute approximate surface area is 236 Å². The molecule has 0 bridgehead atoms. The summed E-state index contributed by atoms with van der Waals surface area (Å²) in [5, 5.41) is 0. The maximum atomic E-state index is 13.1. The summed E-state index contributed by atoms with van der Waals surface area (Å²) in [4.78, 5) is 25.7. The van der Waals surface area contributed by atoms with Gasteiger partial charge in [0.2, 0.25) is 0 Å². The molecule has 0 aromatic heterocycles. The average molecular weight is 535 g/mol. The fourth-order valence-electron chi connectivity index (χ4n) is 5.22. The number of carbonyl (C=O) groups is 2. The Bertz CT molecular complexity index is 1100. The molecule has 2 aromatic rings. The van der Waals surface area contributed by atoms with Gasteiger partial charge in [-0.25, -0.2) is 4.79 Å². The van der Waals surface area contributed by atoms with E-state index in [1.54, 1.807) is 12.1 Å². The Kier molecular flexibility index (Phi) is 10.8. The van der Waals surface area contributed by atoms with E-state index in [2.05, 4.69) is 60.6 Å². The Hall–Kier alpha value is -2.62. The van der Waals surface area contributed by atoms with E-state index in [-0.39, 0.29) is 22.8 Å². The number of ether oxygens (including phenoxy) is 2. The molecule has 1 aliphatic heterocycles. The summed E-state index contributed by atoms with van der Waals surface area (Å²) in [5.74, 6) is -0.389. The van der Waals surface area contributed by atoms with Crippen LogP contribution in [0.5, 0.6) is 5.75 Å². The second-order valence-electron chi connectivity index (χ2n) is 13.2. The molecule has 1 aliphatic rings. The Morgan fingerprint density at radius 1 is 0.795 bits per heavy atom. The van der Waals surface area contributed by atoms with Crippen LogP contribution < -0.4 is 4.74 Å². The topological polar surface area (TPSA) is 52.6 Å². The van der Waals surface area contributed by atoms with Crippen molar-refractivity contribution in [3.05, 3.63) is 64.2 Å². The van der Waals surface area contributed by atoms with Gasteiger partial charge in [0.05, 0.1) is 12.2 Å². The molecule has 0 aliphatic carbocycles. The first-order chi connectivity index (χ1) is 18.4. The van der Waals surface area contributed by atoms with Gasteiger partial charge in [0.15, 0.2) is 0 Å². The Morgan fingerprint density at radius 2 is 1.36 bits per heavy atom. The standard InChI is InChI=1S/C35H50O4/c1-8-9-10-11-12-13-14-15-16-17-22-38-32(36)26-20-18-25(19-21-26)30-28-23-27(34(2,3)4)24-29(35(5,6)7)31(28)39-33(30)37/h18-21,23-24,30H,8-17,22H2,1-7H3. The summed E-state index contributed by atoms with van der Waals surface area (Å²) in [6.07, 6.45) is 12.5. The first kappa shape index (κ1) is 30.9. The lowest BCUT2D eigenvalue weighted by molar-refractivity contribution is -0.133. The van der Waals surface area contributed by atoms with E-state index >= 15 is 0 Å². The van der Waals surface area contributed by atoms with Crippen LogP contribution in [0.2, 0.25) is 0 Å². The highest BCUT2D eigenvalue weighted by Crippen LogP contribution is 2.47. The molecular formula is C35H50O4. The van der Waals surface area contributed by atoms with Crippen LogP contribution in [0, 0.1) is 0 Å². The normalized spacial score (nSPS) is 15.3. The molecule has 39 heavy (non-hydrogen) atoms. The minimum atomic E-state index is -0.500. The van der Waals surface area contributed by atoms with Gasteiger partial charge < -0.3 is 9.47 Å². The second kappa shape index (κ2) is 13.6. The van der Waals surface area contributed by atoms with E-state index in [1.165, 1.54) is 56.9 Å². The largest absolute Gasteiger partial charge is 0.462 e. The van der Waals surface area contributed by atoms with Crippen molar-refractivity contribution in [1.82, 2.24) is 0 Å². The first-order valence-electron chi connectivity index (χ1n) is 15.1. The van der Waals surface area contributed by atoms with Crippen LogP contribution in [0.4, 0.5) is 0 Å². The van der Waals surface area contributed by atoms with Gasteiger partial charge in [0.1, 0.15) is 11.7 Å². The Balaban J connectivity index is 1.58. The molecule has 0 amide bonds. The SMILES string of the molecule is CCCCCCCCCCCCOC(=O)c1ccc(C2C(=O)Oc3c2cc(C(C)(C)C)cc3C(C)(C)C)cc1. The number of fused-ring (bicyclic) bond motifs is 1. The second-order valence-corrected chi connectivity index (χ2v) is 13.2. The highest BCUT2D eigenvalue weighted by atomic mass is 16.5. The van der Waals surface area contributed by atoms with Crippen molar-refractivity contribution in [2.24, 2.45) is 0 Å². The highest BCUT2D eigenvalue weighted by Gasteiger charge is 2.39. The first-order valence-corrected chi connectivity index (χ1v) is 15.1. The third kappa shape index (κ3) is 8.43. The van der Waals surface area contributed by atoms with E-state index in [0.29, 0.717) is 17.9 Å². The van der Waals surface area contributed by atoms with Crippen molar-refractivity contribution in [3.63, 3.8) is 0 Å². The smallest absolute Gasteiger partial charge is 0.338 e. The third-order valence-electron chi connectivity index (χ3n) is 7.75. The summed E-state index contributed by atoms with van der Waals surface area (Å²) in [6.45, 7) is 15.7. The summed E-state index contributed by atoms with van der Waals surface area (Å²) in [6, 6.07) is 11.5. The van der Waals surface area contributed by atoms with Crippen LogP contribution in [-0.2, 0) is 20.4 Å². The number of rotatable bonds is 13. The zero-order chi connectivity index (χ0) is 28.6. The summed E-state index contributed by atoms with van der Waals surface area (Å²) in [5.41, 5.74) is 4.26. The van der Waals surface area contributed by atoms with Crippen molar-refractivity contribution < 1.29 is 19.1 Å². The molecule has 1 unspecified atom stereocenters. The molecule has 0 saturated heterocycles. The molecule has 3 rings (SSSR count). The van der Waals surface area contributed by atoms with Gasteiger partial charge in [-0.1, -0.05) is 131 Å². The molecule has 4 heteroatoms. The number of carbonyl (C=O) groups excluding carboxylic acids is 2. The fourth-order valence-corrected chi connectivity index (χ4v) is 5.22. The van der Waals surface area contributed by atoms with Crippen LogP contribution in [0.25, 0.3) is 0 Å². The molecule has 0 fully saturated rings. The van der Waals surface area contributed by atoms with Crippen LogP contribution in [-0.4, -0.2) is 18.5 Å². The number of benzene rings is 2. The third-order valence-corrected chi connectivity index (χ3v) is 7.75. The summed E-state index contributed by atoms with van der Waals surface area (Å²) >= 11 is 0. The molecule has 1 atom stereocenters. The molecule has 0 saturated carbocycles. The van der Waals surface area contributed by atoms with E-state index in [1.807, 2.05) is 12.1 Å². The number of esters is 2. The van der Waals surface area contributed by atoms with E-state index in [0.717, 1.165) is 29.5 Å². The quantitative estimate of drug-likeness (QED) is 0.146. The van der Waals surface area contributed by atoms with Gasteiger partial charge in [-0.2, -0.15) is 0 Å². The maximum Gasteiger partial charge on any atom is 0.338 e. The van der Waals surface area contributed by atoms with Gasteiger partial charge in [-0.3, -0.25) is 4.79 Å². The highest BCUT2D eigenvalue weighted by molar-refractivity contribution is 5.92. The fraction of sp³-hybridized carbons (Fsp3) is 0.600.